The van der Waals surface area contributed by atoms with Crippen molar-refractivity contribution in [2.45, 2.75) is 11.8 Å². The average Bonchev–Trinajstić information content (AvgIpc) is 2.82. The standard InChI is InChI=1S/C15H15N3O2S2/c1-3-8-18-14(17)10-21-15(18)13(9-16)22(19,20)12-6-4-11(2)5-7-12/h3-7,17H,1,8,10H2,2H3/b15-13-,17-14?. The fourth-order valence-corrected chi connectivity index (χ4v) is 4.63. The molecular formula is C15H15N3O2S2. The summed E-state index contributed by atoms with van der Waals surface area (Å²) in [5.74, 6) is 0.615. The van der Waals surface area contributed by atoms with E-state index in [1.54, 1.807) is 24.3 Å². The minimum atomic E-state index is -3.90. The predicted octanol–water partition coefficient (Wildman–Crippen LogP) is 2.67. The van der Waals surface area contributed by atoms with Crippen molar-refractivity contribution in [3.05, 3.63) is 52.4 Å². The minimum absolute atomic E-state index is 0.0831. The van der Waals surface area contributed by atoms with E-state index in [-0.39, 0.29) is 15.6 Å². The number of nitrogens with one attached hydrogen (secondary N) is 1. The Morgan fingerprint density at radius 1 is 1.50 bits per heavy atom. The van der Waals surface area contributed by atoms with Crippen molar-refractivity contribution in [1.29, 1.82) is 10.7 Å². The molecule has 0 bridgehead atoms. The lowest BCUT2D eigenvalue weighted by Gasteiger charge is -2.18. The van der Waals surface area contributed by atoms with Crippen LogP contribution >= 0.6 is 11.8 Å². The number of thioether (sulfide) groups is 1. The summed E-state index contributed by atoms with van der Waals surface area (Å²) >= 11 is 1.19. The topological polar surface area (TPSA) is 85.0 Å². The fourth-order valence-electron chi connectivity index (χ4n) is 1.98. The molecule has 0 saturated carbocycles. The van der Waals surface area contributed by atoms with Crippen LogP contribution in [0.3, 0.4) is 0 Å². The van der Waals surface area contributed by atoms with Crippen LogP contribution in [0.5, 0.6) is 0 Å². The van der Waals surface area contributed by atoms with Gasteiger partial charge in [-0.1, -0.05) is 35.5 Å². The van der Waals surface area contributed by atoms with Crippen molar-refractivity contribution in [2.24, 2.45) is 0 Å². The molecule has 1 aliphatic rings. The summed E-state index contributed by atoms with van der Waals surface area (Å²) in [4.78, 5) is 1.27. The minimum Gasteiger partial charge on any atom is -0.319 e. The highest BCUT2D eigenvalue weighted by Gasteiger charge is 2.32. The Balaban J connectivity index is 2.58. The third kappa shape index (κ3) is 2.93. The predicted molar refractivity (Wildman–Crippen MR) is 88.1 cm³/mol. The van der Waals surface area contributed by atoms with Crippen molar-refractivity contribution in [3.63, 3.8) is 0 Å². The highest BCUT2D eigenvalue weighted by Crippen LogP contribution is 2.35. The maximum Gasteiger partial charge on any atom is 0.219 e. The van der Waals surface area contributed by atoms with Crippen LogP contribution in [0.1, 0.15) is 5.56 Å². The number of allylic oxidation sites excluding steroid dienone is 1. The zero-order valence-electron chi connectivity index (χ0n) is 12.0. The highest BCUT2D eigenvalue weighted by atomic mass is 32.2. The van der Waals surface area contributed by atoms with Gasteiger partial charge in [-0.05, 0) is 19.1 Å². The molecule has 22 heavy (non-hydrogen) atoms. The maximum atomic E-state index is 12.7. The highest BCUT2D eigenvalue weighted by molar-refractivity contribution is 8.05. The van der Waals surface area contributed by atoms with Gasteiger partial charge in [-0.3, -0.25) is 5.41 Å². The molecule has 0 spiro atoms. The lowest BCUT2D eigenvalue weighted by Crippen LogP contribution is -2.25. The number of hydrogen-bond acceptors (Lipinski definition) is 5. The van der Waals surface area contributed by atoms with Gasteiger partial charge in [-0.25, -0.2) is 8.42 Å². The molecule has 0 amide bonds. The monoisotopic (exact) mass is 333 g/mol. The molecule has 1 heterocycles. The number of amidine groups is 1. The third-order valence-electron chi connectivity index (χ3n) is 3.12. The van der Waals surface area contributed by atoms with Crippen LogP contribution in [0, 0.1) is 23.7 Å². The molecule has 0 atom stereocenters. The summed E-state index contributed by atoms with van der Waals surface area (Å²) in [5, 5.41) is 17.6. The lowest BCUT2D eigenvalue weighted by molar-refractivity contribution is 0.593. The van der Waals surface area contributed by atoms with Gasteiger partial charge in [-0.15, -0.1) is 6.58 Å². The van der Waals surface area contributed by atoms with E-state index < -0.39 is 9.84 Å². The van der Waals surface area contributed by atoms with Crippen LogP contribution in [-0.4, -0.2) is 31.5 Å². The molecule has 0 radical (unpaired) electrons. The Morgan fingerprint density at radius 3 is 2.68 bits per heavy atom. The van der Waals surface area contributed by atoms with E-state index in [2.05, 4.69) is 6.58 Å². The Kier molecular flexibility index (Phi) is 4.74. The Bertz CT molecular complexity index is 787. The van der Waals surface area contributed by atoms with Crippen molar-refractivity contribution < 1.29 is 8.42 Å². The van der Waals surface area contributed by atoms with Crippen molar-refractivity contribution in [2.75, 3.05) is 12.3 Å². The van der Waals surface area contributed by atoms with Crippen LogP contribution in [0.15, 0.2) is 51.8 Å². The van der Waals surface area contributed by atoms with Crippen LogP contribution in [-0.2, 0) is 9.84 Å². The van der Waals surface area contributed by atoms with E-state index in [0.29, 0.717) is 17.3 Å². The first kappa shape index (κ1) is 16.3. The molecule has 1 N–H and O–H groups in total. The third-order valence-corrected chi connectivity index (χ3v) is 6.08. The van der Waals surface area contributed by atoms with E-state index in [1.807, 2.05) is 6.92 Å². The number of sulfone groups is 1. The molecule has 1 aliphatic heterocycles. The Hall–Kier alpha value is -2.04. The number of aryl methyl sites for hydroxylation is 1. The molecule has 2 rings (SSSR count). The summed E-state index contributed by atoms with van der Waals surface area (Å²) in [6.07, 6.45) is 1.58. The van der Waals surface area contributed by atoms with Crippen LogP contribution in [0.25, 0.3) is 0 Å². The summed E-state index contributed by atoms with van der Waals surface area (Å²) in [6, 6.07) is 8.17. The first-order valence-corrected chi connectivity index (χ1v) is 8.93. The van der Waals surface area contributed by atoms with Gasteiger partial charge < -0.3 is 4.90 Å². The van der Waals surface area contributed by atoms with Gasteiger partial charge in [0.25, 0.3) is 0 Å². The van der Waals surface area contributed by atoms with E-state index in [4.69, 9.17) is 5.41 Å². The Morgan fingerprint density at radius 2 is 2.14 bits per heavy atom. The first-order valence-electron chi connectivity index (χ1n) is 6.46. The van der Waals surface area contributed by atoms with Gasteiger partial charge in [-0.2, -0.15) is 5.26 Å². The number of benzene rings is 1. The van der Waals surface area contributed by atoms with Gasteiger partial charge in [0.2, 0.25) is 9.84 Å². The van der Waals surface area contributed by atoms with Crippen LogP contribution in [0.2, 0.25) is 0 Å². The smallest absolute Gasteiger partial charge is 0.219 e. The molecule has 7 heteroatoms. The van der Waals surface area contributed by atoms with Crippen molar-refractivity contribution >= 4 is 27.4 Å². The average molecular weight is 333 g/mol. The van der Waals surface area contributed by atoms with Crippen molar-refractivity contribution in [3.8, 4) is 6.07 Å². The number of rotatable bonds is 4. The molecule has 114 valence electrons. The van der Waals surface area contributed by atoms with Crippen LogP contribution in [0.4, 0.5) is 0 Å². The number of hydrogen-bond donors (Lipinski definition) is 1. The van der Waals surface area contributed by atoms with Gasteiger partial charge in [0.1, 0.15) is 16.9 Å². The lowest BCUT2D eigenvalue weighted by atomic mass is 10.2. The molecule has 0 unspecified atom stereocenters. The molecule has 1 saturated heterocycles. The van der Waals surface area contributed by atoms with Gasteiger partial charge >= 0.3 is 0 Å². The van der Waals surface area contributed by atoms with Crippen LogP contribution < -0.4 is 0 Å². The quantitative estimate of drug-likeness (QED) is 0.676. The maximum absolute atomic E-state index is 12.7. The molecule has 0 aliphatic carbocycles. The summed E-state index contributed by atoms with van der Waals surface area (Å²) in [6.45, 7) is 5.77. The number of nitriles is 1. The molecule has 5 nitrogen and oxygen atoms in total. The SMILES string of the molecule is C=CCN1C(=N)CS/C1=C(/C#N)S(=O)(=O)c1ccc(C)cc1. The van der Waals surface area contributed by atoms with Gasteiger partial charge in [0.15, 0.2) is 4.91 Å². The van der Waals surface area contributed by atoms with E-state index in [1.165, 1.54) is 28.8 Å². The largest absolute Gasteiger partial charge is 0.319 e. The first-order chi connectivity index (χ1) is 10.4. The van der Waals surface area contributed by atoms with E-state index in [9.17, 15) is 13.7 Å². The summed E-state index contributed by atoms with van der Waals surface area (Å²) in [7, 11) is -3.90. The zero-order chi connectivity index (χ0) is 16.3. The number of nitrogens with zero attached hydrogens (tertiary/aromatic N) is 2. The zero-order valence-corrected chi connectivity index (χ0v) is 13.7. The van der Waals surface area contributed by atoms with E-state index >= 15 is 0 Å². The normalized spacial score (nSPS) is 17.3. The second-order valence-electron chi connectivity index (χ2n) is 4.70. The summed E-state index contributed by atoms with van der Waals surface area (Å²) < 4.78 is 25.4. The molecule has 0 aromatic heterocycles. The van der Waals surface area contributed by atoms with Gasteiger partial charge in [0.05, 0.1) is 10.6 Å². The molecule has 1 aromatic carbocycles. The second kappa shape index (κ2) is 6.38. The van der Waals surface area contributed by atoms with E-state index in [0.717, 1.165) is 5.56 Å². The molecular weight excluding hydrogens is 318 g/mol. The second-order valence-corrected chi connectivity index (χ2v) is 7.55. The fraction of sp³-hybridized carbons (Fsp3) is 0.200. The van der Waals surface area contributed by atoms with Gasteiger partial charge in [0, 0.05) is 6.54 Å². The Labute approximate surface area is 134 Å². The summed E-state index contributed by atoms with van der Waals surface area (Å²) in [5.41, 5.74) is 0.940. The van der Waals surface area contributed by atoms with Crippen molar-refractivity contribution in [1.82, 2.24) is 4.90 Å². The molecule has 1 aromatic rings. The molecule has 1 fully saturated rings.